The van der Waals surface area contributed by atoms with Crippen LogP contribution in [0.2, 0.25) is 5.02 Å². The van der Waals surface area contributed by atoms with Gasteiger partial charge in [0, 0.05) is 28.8 Å². The molecule has 1 aliphatic heterocycles. The molecule has 4 atom stereocenters. The predicted molar refractivity (Wildman–Crippen MR) is 112 cm³/mol. The van der Waals surface area contributed by atoms with Crippen LogP contribution in [0.5, 0.6) is 0 Å². The number of nitrogens with one attached hydrogen (secondary N) is 1. The fraction of sp³-hybridized carbons (Fsp3) is 0.667. The Bertz CT molecular complexity index is 675. The Balaban J connectivity index is 1.87. The van der Waals surface area contributed by atoms with Gasteiger partial charge in [-0.3, -0.25) is 4.79 Å². The van der Waals surface area contributed by atoms with Crippen molar-refractivity contribution in [3.63, 3.8) is 0 Å². The second-order valence-electron chi connectivity index (χ2n) is 8.09. The topological polar surface area (TPSA) is 49.4 Å². The lowest BCUT2D eigenvalue weighted by atomic mass is 9.85. The highest BCUT2D eigenvalue weighted by Crippen LogP contribution is 2.43. The van der Waals surface area contributed by atoms with Crippen molar-refractivity contribution in [1.29, 1.82) is 0 Å². The van der Waals surface area contributed by atoms with Crippen molar-refractivity contribution in [2.75, 3.05) is 6.54 Å². The highest BCUT2D eigenvalue weighted by atomic mass is 35.5. The first-order chi connectivity index (χ1) is 12.9. The van der Waals surface area contributed by atoms with Crippen LogP contribution in [0.1, 0.15) is 64.5 Å². The van der Waals surface area contributed by atoms with Gasteiger partial charge in [0.1, 0.15) is 0 Å². The van der Waals surface area contributed by atoms with Crippen molar-refractivity contribution in [1.82, 2.24) is 9.62 Å². The molecule has 1 N–H and O–H groups in total. The van der Waals surface area contributed by atoms with E-state index in [1.807, 2.05) is 38.1 Å². The molecule has 27 heavy (non-hydrogen) atoms. The minimum Gasteiger partial charge on any atom is -0.331 e. The highest BCUT2D eigenvalue weighted by Gasteiger charge is 2.44. The van der Waals surface area contributed by atoms with E-state index in [0.717, 1.165) is 37.7 Å². The van der Waals surface area contributed by atoms with Gasteiger partial charge in [0.2, 0.25) is 5.91 Å². The van der Waals surface area contributed by atoms with Gasteiger partial charge in [-0.2, -0.15) is 0 Å². The van der Waals surface area contributed by atoms with Gasteiger partial charge < -0.3 is 4.90 Å². The third-order valence-electron chi connectivity index (χ3n) is 5.86. The summed E-state index contributed by atoms with van der Waals surface area (Å²) in [5.74, 6) is 0.874. The molecule has 3 rings (SSSR count). The quantitative estimate of drug-likeness (QED) is 0.687. The number of halogens is 1. The average Bonchev–Trinajstić information content (AvgIpc) is 3.48. The van der Waals surface area contributed by atoms with Crippen LogP contribution < -0.4 is 4.72 Å². The van der Waals surface area contributed by atoms with E-state index in [1.165, 1.54) is 0 Å². The molecule has 1 aromatic rings. The van der Waals surface area contributed by atoms with Crippen LogP contribution in [-0.2, 0) is 15.8 Å². The van der Waals surface area contributed by atoms with E-state index in [0.29, 0.717) is 17.5 Å². The van der Waals surface area contributed by atoms with Gasteiger partial charge in [0.05, 0.1) is 17.0 Å². The zero-order chi connectivity index (χ0) is 19.6. The summed E-state index contributed by atoms with van der Waals surface area (Å²) in [6, 6.07) is 8.09. The third kappa shape index (κ3) is 4.93. The van der Waals surface area contributed by atoms with Crippen molar-refractivity contribution in [3.05, 3.63) is 34.9 Å². The van der Waals surface area contributed by atoms with Gasteiger partial charge in [-0.15, -0.1) is 0 Å². The Morgan fingerprint density at radius 1 is 1.19 bits per heavy atom. The smallest absolute Gasteiger partial charge is 0.226 e. The standard InChI is InChI=1S/C21H31ClN2O2S/c1-4-15-9-12-19(16-7-10-18(22)11-8-16)24(21(15)25)20(17-5-6-17)13-23-27(26)14(2)3/h7-8,10-11,14-15,17,19-20,23H,4-6,9,12-13H2,1-3H3/t15?,19-,20?,27?/m0/s1. The van der Waals surface area contributed by atoms with Crippen molar-refractivity contribution in [2.45, 2.75) is 70.2 Å². The Kier molecular flexibility index (Phi) is 6.98. The molecule has 1 amide bonds. The van der Waals surface area contributed by atoms with Gasteiger partial charge >= 0.3 is 0 Å². The molecule has 0 aromatic heterocycles. The first-order valence-electron chi connectivity index (χ1n) is 10.1. The van der Waals surface area contributed by atoms with Gasteiger partial charge in [-0.1, -0.05) is 30.7 Å². The molecule has 0 radical (unpaired) electrons. The molecule has 150 valence electrons. The second kappa shape index (κ2) is 9.06. The molecule has 4 nitrogen and oxygen atoms in total. The molecule has 3 unspecified atom stereocenters. The predicted octanol–water partition coefficient (Wildman–Crippen LogP) is 4.47. The molecule has 6 heteroatoms. The maximum absolute atomic E-state index is 13.4. The largest absolute Gasteiger partial charge is 0.331 e. The molecule has 2 aliphatic rings. The van der Waals surface area contributed by atoms with Crippen LogP contribution >= 0.6 is 11.6 Å². The lowest BCUT2D eigenvalue weighted by molar-refractivity contribution is -0.146. The van der Waals surface area contributed by atoms with Crippen LogP contribution in [0.4, 0.5) is 0 Å². The third-order valence-corrected chi connectivity index (χ3v) is 7.42. The molecule has 1 aliphatic carbocycles. The number of rotatable bonds is 8. The normalized spacial score (nSPS) is 25.7. The number of amides is 1. The van der Waals surface area contributed by atoms with Crippen molar-refractivity contribution < 1.29 is 9.00 Å². The number of nitrogens with zero attached hydrogens (tertiary/aromatic N) is 1. The lowest BCUT2D eigenvalue weighted by Gasteiger charge is -2.44. The van der Waals surface area contributed by atoms with Crippen LogP contribution in [0, 0.1) is 11.8 Å². The van der Waals surface area contributed by atoms with E-state index < -0.39 is 11.0 Å². The van der Waals surface area contributed by atoms with Crippen LogP contribution in [0.25, 0.3) is 0 Å². The van der Waals surface area contributed by atoms with E-state index in [4.69, 9.17) is 11.6 Å². The fourth-order valence-electron chi connectivity index (χ4n) is 4.08. The Morgan fingerprint density at radius 3 is 2.41 bits per heavy atom. The molecular weight excluding hydrogens is 380 g/mol. The lowest BCUT2D eigenvalue weighted by Crippen LogP contribution is -2.53. The number of benzene rings is 1. The fourth-order valence-corrected chi connectivity index (χ4v) is 4.87. The number of likely N-dealkylation sites (tertiary alicyclic amines) is 1. The summed E-state index contributed by atoms with van der Waals surface area (Å²) in [7, 11) is -1.07. The minimum atomic E-state index is -1.07. The Morgan fingerprint density at radius 2 is 1.85 bits per heavy atom. The summed E-state index contributed by atoms with van der Waals surface area (Å²) in [5.41, 5.74) is 1.15. The van der Waals surface area contributed by atoms with E-state index in [9.17, 15) is 9.00 Å². The maximum Gasteiger partial charge on any atom is 0.226 e. The van der Waals surface area contributed by atoms with Gasteiger partial charge in [-0.25, -0.2) is 8.93 Å². The average molecular weight is 411 g/mol. The van der Waals surface area contributed by atoms with Crippen molar-refractivity contribution in [2.24, 2.45) is 11.8 Å². The van der Waals surface area contributed by atoms with Gasteiger partial charge in [-0.05, 0) is 69.6 Å². The first kappa shape index (κ1) is 20.8. The summed E-state index contributed by atoms with van der Waals surface area (Å²) in [4.78, 5) is 15.5. The summed E-state index contributed by atoms with van der Waals surface area (Å²) >= 11 is 6.07. The van der Waals surface area contributed by atoms with Gasteiger partial charge in [0.15, 0.2) is 0 Å². The van der Waals surface area contributed by atoms with E-state index in [2.05, 4.69) is 16.5 Å². The molecule has 1 heterocycles. The minimum absolute atomic E-state index is 0.0670. The maximum atomic E-state index is 13.4. The SMILES string of the molecule is CCC1CC[C@@H](c2ccc(Cl)cc2)N(C(CNS(=O)C(C)C)C2CC2)C1=O. The Labute approximate surface area is 170 Å². The number of piperidine rings is 1. The van der Waals surface area contributed by atoms with Crippen LogP contribution in [0.3, 0.4) is 0 Å². The number of hydrogen-bond donors (Lipinski definition) is 1. The zero-order valence-electron chi connectivity index (χ0n) is 16.5. The van der Waals surface area contributed by atoms with E-state index >= 15 is 0 Å². The summed E-state index contributed by atoms with van der Waals surface area (Å²) in [6.45, 7) is 6.60. The van der Waals surface area contributed by atoms with Crippen molar-refractivity contribution in [3.8, 4) is 0 Å². The Hall–Kier alpha value is -0.910. The molecule has 0 spiro atoms. The number of carbonyl (C=O) groups excluding carboxylic acids is 1. The van der Waals surface area contributed by atoms with Crippen molar-refractivity contribution >= 4 is 28.5 Å². The summed E-state index contributed by atoms with van der Waals surface area (Å²) < 4.78 is 15.4. The second-order valence-corrected chi connectivity index (χ2v) is 10.4. The van der Waals surface area contributed by atoms with Gasteiger partial charge in [0.25, 0.3) is 0 Å². The summed E-state index contributed by atoms with van der Waals surface area (Å²) in [6.07, 6.45) is 5.08. The zero-order valence-corrected chi connectivity index (χ0v) is 18.1. The molecule has 1 saturated carbocycles. The number of hydrogen-bond acceptors (Lipinski definition) is 2. The van der Waals surface area contributed by atoms with E-state index in [-0.39, 0.29) is 29.2 Å². The highest BCUT2D eigenvalue weighted by molar-refractivity contribution is 7.83. The number of carbonyl (C=O) groups is 1. The molecule has 1 aromatic carbocycles. The molecule has 2 fully saturated rings. The monoisotopic (exact) mass is 410 g/mol. The summed E-state index contributed by atoms with van der Waals surface area (Å²) in [5, 5.41) is 0.781. The van der Waals surface area contributed by atoms with Crippen LogP contribution in [-0.4, -0.2) is 32.9 Å². The molecule has 1 saturated heterocycles. The first-order valence-corrected chi connectivity index (χ1v) is 11.7. The molecular formula is C21H31ClN2O2S. The van der Waals surface area contributed by atoms with E-state index in [1.54, 1.807) is 0 Å². The molecule has 0 bridgehead atoms. The van der Waals surface area contributed by atoms with Crippen LogP contribution in [0.15, 0.2) is 24.3 Å².